The van der Waals surface area contributed by atoms with Gasteiger partial charge in [-0.3, -0.25) is 19.1 Å². The lowest BCUT2D eigenvalue weighted by atomic mass is 10.1. The topological polar surface area (TPSA) is 186 Å². The number of imidazole rings is 1. The summed E-state index contributed by atoms with van der Waals surface area (Å²) in [5, 5.41) is 29.3. The summed E-state index contributed by atoms with van der Waals surface area (Å²) in [7, 11) is 0. The Morgan fingerprint density at radius 1 is 1.43 bits per heavy atom. The normalized spacial score (nSPS) is 24.7. The first kappa shape index (κ1) is 20.5. The van der Waals surface area contributed by atoms with Crippen LogP contribution in [0.15, 0.2) is 9.95 Å². The molecule has 0 aliphatic carbocycles. The summed E-state index contributed by atoms with van der Waals surface area (Å²) in [6.45, 7) is 0.932. The number of hydrogen-bond acceptors (Lipinski definition) is 11. The van der Waals surface area contributed by atoms with E-state index in [4.69, 9.17) is 20.3 Å². The molecule has 1 saturated heterocycles. The lowest BCUT2D eigenvalue weighted by Crippen LogP contribution is -2.37. The predicted octanol–water partition coefficient (Wildman–Crippen LogP) is -1.64. The molecule has 0 aromatic carbocycles. The molecule has 1 fully saturated rings. The molecule has 0 saturated carbocycles. The smallest absolute Gasteiger partial charge is 0.306 e. The van der Waals surface area contributed by atoms with E-state index in [2.05, 4.69) is 15.0 Å². The van der Waals surface area contributed by atoms with Crippen molar-refractivity contribution in [2.24, 2.45) is 0 Å². The monoisotopic (exact) mass is 415 g/mol. The quantitative estimate of drug-likeness (QED) is 0.258. The summed E-state index contributed by atoms with van der Waals surface area (Å²) >= 11 is 1.11. The molecule has 12 nitrogen and oxygen atoms in total. The van der Waals surface area contributed by atoms with Crippen LogP contribution in [-0.2, 0) is 14.3 Å². The van der Waals surface area contributed by atoms with Gasteiger partial charge >= 0.3 is 5.97 Å². The van der Waals surface area contributed by atoms with Crippen molar-refractivity contribution in [3.8, 4) is 0 Å². The highest BCUT2D eigenvalue weighted by atomic mass is 32.2. The number of H-pyrrole nitrogens is 1. The van der Waals surface area contributed by atoms with Gasteiger partial charge in [0.25, 0.3) is 5.56 Å². The highest BCUT2D eigenvalue weighted by molar-refractivity contribution is 7.99. The molecule has 0 unspecified atom stereocenters. The van der Waals surface area contributed by atoms with Crippen LogP contribution >= 0.6 is 11.8 Å². The number of carbonyl (C=O) groups excluding carboxylic acids is 1. The zero-order chi connectivity index (χ0) is 20.4. The van der Waals surface area contributed by atoms with Crippen LogP contribution in [0, 0.1) is 0 Å². The van der Waals surface area contributed by atoms with Crippen molar-refractivity contribution in [1.29, 1.82) is 0 Å². The second-order valence-electron chi connectivity index (χ2n) is 6.01. The van der Waals surface area contributed by atoms with Gasteiger partial charge in [0.1, 0.15) is 12.2 Å². The molecule has 0 spiro atoms. The fourth-order valence-corrected chi connectivity index (χ4v) is 3.65. The minimum absolute atomic E-state index is 0.0271. The van der Waals surface area contributed by atoms with Gasteiger partial charge < -0.3 is 30.5 Å². The van der Waals surface area contributed by atoms with Crippen LogP contribution < -0.4 is 11.3 Å². The van der Waals surface area contributed by atoms with Gasteiger partial charge in [-0.25, -0.2) is 4.98 Å². The first-order valence-electron chi connectivity index (χ1n) is 8.56. The molecule has 6 N–H and O–H groups in total. The number of aromatic amines is 1. The number of carbonyl (C=O) groups is 1. The average Bonchev–Trinajstić information content (AvgIpc) is 3.17. The third-order valence-electron chi connectivity index (χ3n) is 4.16. The van der Waals surface area contributed by atoms with Crippen LogP contribution in [0.5, 0.6) is 0 Å². The maximum atomic E-state index is 12.2. The Hall–Kier alpha value is -2.19. The molecule has 0 radical (unpaired) electrons. The van der Waals surface area contributed by atoms with Gasteiger partial charge in [-0.05, 0) is 0 Å². The molecule has 154 valence electrons. The van der Waals surface area contributed by atoms with Gasteiger partial charge in [0.05, 0.1) is 13.2 Å². The number of nitrogens with one attached hydrogen (secondary N) is 1. The summed E-state index contributed by atoms with van der Waals surface area (Å²) in [6, 6.07) is 0. The maximum Gasteiger partial charge on any atom is 0.306 e. The highest BCUT2D eigenvalue weighted by Gasteiger charge is 2.48. The van der Waals surface area contributed by atoms with E-state index in [0.29, 0.717) is 0 Å². The number of nitrogen functional groups attached to an aromatic ring is 1. The Labute approximate surface area is 162 Å². The van der Waals surface area contributed by atoms with Crippen molar-refractivity contribution < 1.29 is 29.6 Å². The number of fused-ring (bicyclic) bond motifs is 1. The molecule has 2 aromatic rings. The second-order valence-corrected chi connectivity index (χ2v) is 7.07. The van der Waals surface area contributed by atoms with E-state index in [0.717, 1.165) is 11.8 Å². The van der Waals surface area contributed by atoms with Crippen molar-refractivity contribution in [3.63, 3.8) is 0 Å². The molecular formula is C15H21N5O7S. The molecular weight excluding hydrogens is 394 g/mol. The number of esters is 1. The van der Waals surface area contributed by atoms with Crippen LogP contribution in [0.3, 0.4) is 0 Å². The molecule has 28 heavy (non-hydrogen) atoms. The van der Waals surface area contributed by atoms with Gasteiger partial charge in [0.15, 0.2) is 28.7 Å². The van der Waals surface area contributed by atoms with Crippen molar-refractivity contribution in [3.05, 3.63) is 10.4 Å². The Balaban J connectivity index is 2.15. The zero-order valence-electron chi connectivity index (χ0n) is 14.9. The zero-order valence-corrected chi connectivity index (χ0v) is 15.8. The number of aliphatic hydroxyl groups is 3. The van der Waals surface area contributed by atoms with Gasteiger partial charge in [-0.2, -0.15) is 4.98 Å². The molecule has 1 aliphatic rings. The molecule has 3 heterocycles. The highest BCUT2D eigenvalue weighted by Crippen LogP contribution is 2.37. The molecule has 0 bridgehead atoms. The summed E-state index contributed by atoms with van der Waals surface area (Å²) in [4.78, 5) is 34.7. The summed E-state index contributed by atoms with van der Waals surface area (Å²) in [5.74, 6) is -0.471. The number of nitrogens with zero attached hydrogens (tertiary/aromatic N) is 3. The SMILES string of the molecule is CCC(=O)O[C@@H]1[C@H](O)[C@@H](CO)O[C@H]1n1c(SCCO)nc2c(=O)[nH]c(N)nc21. The Kier molecular flexibility index (Phi) is 6.20. The molecule has 3 rings (SSSR count). The van der Waals surface area contributed by atoms with Crippen LogP contribution in [0.25, 0.3) is 11.2 Å². The number of ether oxygens (including phenoxy) is 2. The number of thioether (sulfide) groups is 1. The number of anilines is 1. The Bertz CT molecular complexity index is 916. The first-order chi connectivity index (χ1) is 13.4. The molecule has 2 aromatic heterocycles. The Morgan fingerprint density at radius 2 is 2.18 bits per heavy atom. The van der Waals surface area contributed by atoms with E-state index in [1.807, 2.05) is 0 Å². The minimum atomic E-state index is -1.31. The van der Waals surface area contributed by atoms with E-state index in [-0.39, 0.29) is 41.0 Å². The molecule has 4 atom stereocenters. The summed E-state index contributed by atoms with van der Waals surface area (Å²) < 4.78 is 12.4. The minimum Gasteiger partial charge on any atom is -0.455 e. The number of aromatic nitrogens is 4. The lowest BCUT2D eigenvalue weighted by molar-refractivity contribution is -0.158. The maximum absolute atomic E-state index is 12.2. The van der Waals surface area contributed by atoms with Crippen molar-refractivity contribution >= 4 is 34.8 Å². The van der Waals surface area contributed by atoms with Gasteiger partial charge in [-0.1, -0.05) is 18.7 Å². The van der Waals surface area contributed by atoms with Crippen LogP contribution in [0.2, 0.25) is 0 Å². The molecule has 13 heteroatoms. The fraction of sp³-hybridized carbons (Fsp3) is 0.600. The van der Waals surface area contributed by atoms with Crippen molar-refractivity contribution in [1.82, 2.24) is 19.5 Å². The average molecular weight is 415 g/mol. The van der Waals surface area contributed by atoms with E-state index < -0.39 is 42.7 Å². The third-order valence-corrected chi connectivity index (χ3v) is 5.10. The van der Waals surface area contributed by atoms with Gasteiger partial charge in [-0.15, -0.1) is 0 Å². The van der Waals surface area contributed by atoms with Gasteiger partial charge in [0.2, 0.25) is 5.95 Å². The van der Waals surface area contributed by atoms with E-state index in [9.17, 15) is 19.8 Å². The number of aliphatic hydroxyl groups excluding tert-OH is 3. The number of nitrogens with two attached hydrogens (primary N) is 1. The standard InChI is InChI=1S/C15H21N5O7S/c1-2-7(23)27-10-9(24)6(5-22)26-13(10)20-11-8(12(25)19-14(16)18-11)17-15(20)28-4-3-21/h6,9-10,13,21-22,24H,2-5H2,1H3,(H3,16,18,19,25)/t6-,9-,10-,13-/m1/s1. The second kappa shape index (κ2) is 8.45. The van der Waals surface area contributed by atoms with E-state index >= 15 is 0 Å². The summed E-state index contributed by atoms with van der Waals surface area (Å²) in [5.41, 5.74) is 5.11. The molecule has 0 amide bonds. The Morgan fingerprint density at radius 3 is 2.82 bits per heavy atom. The van der Waals surface area contributed by atoms with E-state index in [1.165, 1.54) is 4.57 Å². The van der Waals surface area contributed by atoms with Crippen LogP contribution in [0.1, 0.15) is 19.6 Å². The largest absolute Gasteiger partial charge is 0.455 e. The first-order valence-corrected chi connectivity index (χ1v) is 9.55. The number of rotatable bonds is 7. The van der Waals surface area contributed by atoms with E-state index in [1.54, 1.807) is 6.92 Å². The van der Waals surface area contributed by atoms with Crippen LogP contribution in [0.4, 0.5) is 5.95 Å². The van der Waals surface area contributed by atoms with Crippen LogP contribution in [-0.4, -0.2) is 78.1 Å². The predicted molar refractivity (Wildman–Crippen MR) is 97.5 cm³/mol. The lowest BCUT2D eigenvalue weighted by Gasteiger charge is -2.23. The van der Waals surface area contributed by atoms with Crippen molar-refractivity contribution in [2.45, 2.75) is 43.0 Å². The molecule has 1 aliphatic heterocycles. The summed E-state index contributed by atoms with van der Waals surface area (Å²) in [6.07, 6.45) is -4.54. The van der Waals surface area contributed by atoms with Crippen molar-refractivity contribution in [2.75, 3.05) is 24.7 Å². The van der Waals surface area contributed by atoms with Gasteiger partial charge in [0, 0.05) is 12.2 Å². The third kappa shape index (κ3) is 3.71. The number of hydrogen-bond donors (Lipinski definition) is 5. The fourth-order valence-electron chi connectivity index (χ4n) is 2.89.